The molecule has 0 spiro atoms. The molecule has 2 rings (SSSR count). The smallest absolute Gasteiger partial charge is 0.338 e. The topological polar surface area (TPSA) is 83.3 Å². The Hall–Kier alpha value is -2.06. The first-order chi connectivity index (χ1) is 11.5. The highest BCUT2D eigenvalue weighted by molar-refractivity contribution is 7.98. The summed E-state index contributed by atoms with van der Waals surface area (Å²) in [6, 6.07) is 12.1. The second kappa shape index (κ2) is 8.70. The van der Waals surface area contributed by atoms with Gasteiger partial charge >= 0.3 is 5.97 Å². The number of benzene rings is 2. The minimum absolute atomic E-state index is 0.113. The average molecular weight is 349 g/mol. The maximum absolute atomic E-state index is 11.7. The maximum Gasteiger partial charge on any atom is 0.338 e. The molecule has 0 aliphatic rings. The van der Waals surface area contributed by atoms with Gasteiger partial charge in [0.2, 0.25) is 0 Å². The number of quaternary nitrogens is 1. The second-order valence-electron chi connectivity index (χ2n) is 4.86. The Morgan fingerprint density at radius 2 is 1.96 bits per heavy atom. The highest BCUT2D eigenvalue weighted by Gasteiger charge is 2.15. The van der Waals surface area contributed by atoms with E-state index in [1.807, 2.05) is 24.3 Å². The van der Waals surface area contributed by atoms with Crippen LogP contribution in [0.5, 0.6) is 5.75 Å². The summed E-state index contributed by atoms with van der Waals surface area (Å²) in [5.41, 5.74) is 1.00. The highest BCUT2D eigenvalue weighted by atomic mass is 32.2. The van der Waals surface area contributed by atoms with E-state index in [-0.39, 0.29) is 17.9 Å². The van der Waals surface area contributed by atoms with E-state index < -0.39 is 11.2 Å². The van der Waals surface area contributed by atoms with E-state index in [0.717, 1.165) is 10.6 Å². The molecule has 0 bridgehead atoms. The monoisotopic (exact) mass is 349 g/mol. The van der Waals surface area contributed by atoms with Gasteiger partial charge in [-0.1, -0.05) is 6.07 Å². The molecule has 2 aromatic carbocycles. The lowest BCUT2D eigenvalue weighted by molar-refractivity contribution is -0.991. The van der Waals surface area contributed by atoms with Crippen molar-refractivity contribution in [1.29, 1.82) is 0 Å². The first kappa shape index (κ1) is 18.3. The van der Waals surface area contributed by atoms with Gasteiger partial charge in [0.05, 0.1) is 19.3 Å². The van der Waals surface area contributed by atoms with Crippen LogP contribution < -0.4 is 9.96 Å². The summed E-state index contributed by atoms with van der Waals surface area (Å²) in [6.45, 7) is 1.95. The van der Waals surface area contributed by atoms with Crippen LogP contribution in [0.15, 0.2) is 47.4 Å². The molecule has 0 aliphatic heterocycles. The van der Waals surface area contributed by atoms with Crippen LogP contribution in [0.2, 0.25) is 0 Å². The van der Waals surface area contributed by atoms with Gasteiger partial charge in [-0.2, -0.15) is 5.23 Å². The summed E-state index contributed by atoms with van der Waals surface area (Å²) < 4.78 is 10.0. The summed E-state index contributed by atoms with van der Waals surface area (Å²) in [7, 11) is 1.60. The largest absolute Gasteiger partial charge is 0.595 e. The number of nitrogens with one attached hydrogen (secondary N) is 1. The number of esters is 1. The van der Waals surface area contributed by atoms with Gasteiger partial charge in [-0.25, -0.2) is 10.0 Å². The molecule has 1 atom stereocenters. The van der Waals surface area contributed by atoms with E-state index in [9.17, 15) is 15.2 Å². The van der Waals surface area contributed by atoms with E-state index in [1.165, 1.54) is 17.8 Å². The zero-order valence-electron chi connectivity index (χ0n) is 13.4. The van der Waals surface area contributed by atoms with E-state index in [2.05, 4.69) is 0 Å². The molecule has 7 heteroatoms. The molecule has 2 N–H and O–H groups in total. The van der Waals surface area contributed by atoms with Crippen molar-refractivity contribution in [3.8, 4) is 5.75 Å². The molecular formula is C17H19NO5S. The number of thioether (sulfide) groups is 1. The van der Waals surface area contributed by atoms with Crippen molar-refractivity contribution in [2.24, 2.45) is 0 Å². The lowest BCUT2D eigenvalue weighted by Gasteiger charge is -2.16. The van der Waals surface area contributed by atoms with E-state index in [0.29, 0.717) is 11.3 Å². The normalized spacial score (nSPS) is 11.8. The predicted molar refractivity (Wildman–Crippen MR) is 90.7 cm³/mol. The van der Waals surface area contributed by atoms with E-state index in [1.54, 1.807) is 26.2 Å². The Morgan fingerprint density at radius 3 is 2.54 bits per heavy atom. The van der Waals surface area contributed by atoms with Crippen molar-refractivity contribution in [2.75, 3.05) is 13.7 Å². The third-order valence-corrected chi connectivity index (χ3v) is 4.37. The molecular weight excluding hydrogens is 330 g/mol. The summed E-state index contributed by atoms with van der Waals surface area (Å²) in [6.07, 6.45) is 0. The van der Waals surface area contributed by atoms with Crippen molar-refractivity contribution < 1.29 is 24.7 Å². The van der Waals surface area contributed by atoms with Crippen molar-refractivity contribution in [2.45, 2.75) is 17.6 Å². The van der Waals surface area contributed by atoms with Crippen molar-refractivity contribution in [1.82, 2.24) is 0 Å². The van der Waals surface area contributed by atoms with Crippen LogP contribution in [0.3, 0.4) is 0 Å². The predicted octanol–water partition coefficient (Wildman–Crippen LogP) is 2.57. The first-order valence-electron chi connectivity index (χ1n) is 7.35. The zero-order chi connectivity index (χ0) is 17.5. The summed E-state index contributed by atoms with van der Waals surface area (Å²) in [4.78, 5) is 12.7. The molecule has 0 saturated heterocycles. The van der Waals surface area contributed by atoms with Crippen LogP contribution in [0.4, 0.5) is 5.69 Å². The van der Waals surface area contributed by atoms with Gasteiger partial charge in [-0.15, -0.1) is 11.8 Å². The summed E-state index contributed by atoms with van der Waals surface area (Å²) in [5, 5.41) is 19.8. The standard InChI is InChI=1S/C17H19NO5S/c1-3-23-17(19)12-4-5-13(16(10-12)18(20)21)11-24-15-8-6-14(22-2)7-9-15/h4-10,18,20H,3,11H2,1-2H3. The zero-order valence-corrected chi connectivity index (χ0v) is 14.3. The molecule has 2 aromatic rings. The molecule has 0 heterocycles. The quantitative estimate of drug-likeness (QED) is 0.454. The Kier molecular flexibility index (Phi) is 6.62. The van der Waals surface area contributed by atoms with Crippen LogP contribution in [-0.2, 0) is 10.5 Å². The summed E-state index contributed by atoms with van der Waals surface area (Å²) in [5.74, 6) is 0.732. The SMILES string of the molecule is CCOC(=O)c1ccc(CSc2ccc(OC)cc2)c([NH+]([O-])O)c1. The molecule has 24 heavy (non-hydrogen) atoms. The fourth-order valence-electron chi connectivity index (χ4n) is 2.08. The minimum atomic E-state index is -1.06. The molecule has 0 amide bonds. The van der Waals surface area contributed by atoms with Gasteiger partial charge in [0.15, 0.2) is 5.69 Å². The fraction of sp³-hybridized carbons (Fsp3) is 0.235. The van der Waals surface area contributed by atoms with Crippen molar-refractivity contribution in [3.05, 3.63) is 58.8 Å². The number of hydrogen-bond acceptors (Lipinski definition) is 6. The second-order valence-corrected chi connectivity index (χ2v) is 5.91. The summed E-state index contributed by atoms with van der Waals surface area (Å²) >= 11 is 1.51. The Bertz CT molecular complexity index is 688. The molecule has 0 aliphatic carbocycles. The Morgan fingerprint density at radius 1 is 1.25 bits per heavy atom. The average Bonchev–Trinajstić information content (AvgIpc) is 2.60. The maximum atomic E-state index is 11.7. The number of hydrogen-bond donors (Lipinski definition) is 2. The van der Waals surface area contributed by atoms with E-state index in [4.69, 9.17) is 9.47 Å². The van der Waals surface area contributed by atoms with Crippen LogP contribution in [-0.4, -0.2) is 24.9 Å². The van der Waals surface area contributed by atoms with Crippen molar-refractivity contribution >= 4 is 23.4 Å². The molecule has 128 valence electrons. The van der Waals surface area contributed by atoms with Gasteiger partial charge in [0.25, 0.3) is 0 Å². The number of rotatable bonds is 7. The Balaban J connectivity index is 2.14. The molecule has 1 unspecified atom stereocenters. The number of carbonyl (C=O) groups excluding carboxylic acids is 1. The third-order valence-electron chi connectivity index (χ3n) is 3.31. The molecule has 0 aromatic heterocycles. The van der Waals surface area contributed by atoms with Gasteiger partial charge in [0.1, 0.15) is 5.75 Å². The van der Waals surface area contributed by atoms with Crippen LogP contribution in [0.25, 0.3) is 0 Å². The first-order valence-corrected chi connectivity index (χ1v) is 8.34. The third kappa shape index (κ3) is 4.72. The minimum Gasteiger partial charge on any atom is -0.595 e. The van der Waals surface area contributed by atoms with Gasteiger partial charge in [-0.05, 0) is 37.3 Å². The van der Waals surface area contributed by atoms with Crippen molar-refractivity contribution in [3.63, 3.8) is 0 Å². The molecule has 0 fully saturated rings. The van der Waals surface area contributed by atoms with E-state index >= 15 is 0 Å². The van der Waals surface area contributed by atoms with Gasteiger partial charge < -0.3 is 14.7 Å². The number of ether oxygens (including phenoxy) is 2. The van der Waals surface area contributed by atoms with Gasteiger partial charge in [0, 0.05) is 22.3 Å². The molecule has 0 radical (unpaired) electrons. The van der Waals surface area contributed by atoms with Gasteiger partial charge in [-0.3, -0.25) is 0 Å². The number of carbonyl (C=O) groups is 1. The fourth-order valence-corrected chi connectivity index (χ4v) is 2.98. The van der Waals surface area contributed by atoms with Crippen LogP contribution in [0.1, 0.15) is 22.8 Å². The molecule has 0 saturated carbocycles. The molecule has 6 nitrogen and oxygen atoms in total. The lowest BCUT2D eigenvalue weighted by Crippen LogP contribution is -2.99. The highest BCUT2D eigenvalue weighted by Crippen LogP contribution is 2.27. The number of methoxy groups -OCH3 is 1. The Labute approximate surface area is 144 Å². The van der Waals surface area contributed by atoms with Crippen LogP contribution in [0, 0.1) is 5.21 Å². The lowest BCUT2D eigenvalue weighted by atomic mass is 10.1. The van der Waals surface area contributed by atoms with Crippen LogP contribution >= 0.6 is 11.8 Å².